The summed E-state index contributed by atoms with van der Waals surface area (Å²) in [6.07, 6.45) is 3.28. The highest BCUT2D eigenvalue weighted by Crippen LogP contribution is 2.32. The Morgan fingerprint density at radius 3 is 2.25 bits per heavy atom. The summed E-state index contributed by atoms with van der Waals surface area (Å²) in [4.78, 5) is 24.9. The Hall–Kier alpha value is -1.84. The van der Waals surface area contributed by atoms with Gasteiger partial charge in [0.15, 0.2) is 0 Å². The highest BCUT2D eigenvalue weighted by molar-refractivity contribution is 5.83. The zero-order valence-electron chi connectivity index (χ0n) is 15.1. The minimum atomic E-state index is -0.403. The summed E-state index contributed by atoms with van der Waals surface area (Å²) in [6.45, 7) is 8.40. The molecule has 1 aliphatic carbocycles. The molecule has 2 unspecified atom stereocenters. The average Bonchev–Trinajstić information content (AvgIpc) is 2.56. The lowest BCUT2D eigenvalue weighted by atomic mass is 9.79. The highest BCUT2D eigenvalue weighted by atomic mass is 16.5. The first-order chi connectivity index (χ1) is 11.4. The van der Waals surface area contributed by atoms with Gasteiger partial charge in [0.05, 0.1) is 18.4 Å². The van der Waals surface area contributed by atoms with Crippen LogP contribution in [-0.2, 0) is 14.3 Å². The van der Waals surface area contributed by atoms with Crippen LogP contribution in [0.15, 0.2) is 18.2 Å². The first-order valence-corrected chi connectivity index (χ1v) is 8.84. The maximum absolute atomic E-state index is 12.6. The number of carbonyl (C=O) groups is 2. The van der Waals surface area contributed by atoms with Crippen LogP contribution in [0.2, 0.25) is 0 Å². The Morgan fingerprint density at radius 1 is 1.04 bits per heavy atom. The zero-order valence-corrected chi connectivity index (χ0v) is 15.1. The van der Waals surface area contributed by atoms with E-state index in [1.165, 1.54) is 0 Å². The van der Waals surface area contributed by atoms with E-state index in [1.807, 2.05) is 39.8 Å². The minimum Gasteiger partial charge on any atom is -0.465 e. The SMILES string of the molecule is Cc1ccc(OC(=O)C2CCCCC2C(=O)OCC(C)C)cc1C. The Kier molecular flexibility index (Phi) is 6.41. The first-order valence-electron chi connectivity index (χ1n) is 8.84. The molecule has 0 bridgehead atoms. The lowest BCUT2D eigenvalue weighted by molar-refractivity contribution is -0.159. The van der Waals surface area contributed by atoms with Crippen LogP contribution in [0.25, 0.3) is 0 Å². The zero-order chi connectivity index (χ0) is 17.7. The molecular weight excluding hydrogens is 304 g/mol. The van der Waals surface area contributed by atoms with E-state index >= 15 is 0 Å². The molecular formula is C20H28O4. The molecule has 1 aromatic carbocycles. The van der Waals surface area contributed by atoms with Gasteiger partial charge in [0.1, 0.15) is 5.75 Å². The predicted molar refractivity (Wildman–Crippen MR) is 92.8 cm³/mol. The third-order valence-corrected chi connectivity index (χ3v) is 4.63. The minimum absolute atomic E-state index is 0.259. The number of benzene rings is 1. The number of aryl methyl sites for hydroxylation is 2. The third kappa shape index (κ3) is 4.83. The van der Waals surface area contributed by atoms with Crippen molar-refractivity contribution < 1.29 is 19.1 Å². The van der Waals surface area contributed by atoms with Crippen LogP contribution in [-0.4, -0.2) is 18.5 Å². The lowest BCUT2D eigenvalue weighted by Crippen LogP contribution is -2.36. The Bertz CT molecular complexity index is 591. The van der Waals surface area contributed by atoms with Crippen molar-refractivity contribution in [1.82, 2.24) is 0 Å². The smallest absolute Gasteiger partial charge is 0.315 e. The maximum Gasteiger partial charge on any atom is 0.315 e. The summed E-state index contributed by atoms with van der Waals surface area (Å²) in [5.74, 6) is -0.520. The number of hydrogen-bond donors (Lipinski definition) is 0. The second kappa shape index (κ2) is 8.32. The summed E-state index contributed by atoms with van der Waals surface area (Å²) in [5.41, 5.74) is 2.24. The Balaban J connectivity index is 2.04. The van der Waals surface area contributed by atoms with Gasteiger partial charge in [-0.25, -0.2) is 0 Å². The summed E-state index contributed by atoms with van der Waals surface area (Å²) < 4.78 is 10.9. The molecule has 0 aromatic heterocycles. The van der Waals surface area contributed by atoms with Gasteiger partial charge in [0.25, 0.3) is 0 Å². The second-order valence-electron chi connectivity index (χ2n) is 7.19. The fourth-order valence-electron chi connectivity index (χ4n) is 3.02. The van der Waals surface area contributed by atoms with Gasteiger partial charge in [-0.05, 0) is 55.9 Å². The largest absolute Gasteiger partial charge is 0.465 e. The first kappa shape index (κ1) is 18.5. The van der Waals surface area contributed by atoms with Gasteiger partial charge >= 0.3 is 11.9 Å². The van der Waals surface area contributed by atoms with Crippen LogP contribution in [0.5, 0.6) is 5.75 Å². The van der Waals surface area contributed by atoms with Crippen molar-refractivity contribution in [2.24, 2.45) is 17.8 Å². The molecule has 0 amide bonds. The lowest BCUT2D eigenvalue weighted by Gasteiger charge is -2.28. The molecule has 4 nitrogen and oxygen atoms in total. The van der Waals surface area contributed by atoms with Crippen LogP contribution in [0.3, 0.4) is 0 Å². The van der Waals surface area contributed by atoms with Crippen molar-refractivity contribution in [3.8, 4) is 5.75 Å². The van der Waals surface area contributed by atoms with E-state index < -0.39 is 5.92 Å². The van der Waals surface area contributed by atoms with Crippen molar-refractivity contribution in [1.29, 1.82) is 0 Å². The third-order valence-electron chi connectivity index (χ3n) is 4.63. The average molecular weight is 332 g/mol. The summed E-state index contributed by atoms with van der Waals surface area (Å²) in [7, 11) is 0. The van der Waals surface area contributed by atoms with Gasteiger partial charge in [-0.1, -0.05) is 32.8 Å². The molecule has 0 saturated heterocycles. The molecule has 2 atom stereocenters. The van der Waals surface area contributed by atoms with Crippen molar-refractivity contribution in [3.63, 3.8) is 0 Å². The topological polar surface area (TPSA) is 52.6 Å². The molecule has 1 fully saturated rings. The maximum atomic E-state index is 12.6. The van der Waals surface area contributed by atoms with Crippen LogP contribution in [0, 0.1) is 31.6 Å². The molecule has 24 heavy (non-hydrogen) atoms. The monoisotopic (exact) mass is 332 g/mol. The van der Waals surface area contributed by atoms with E-state index in [0.717, 1.165) is 24.0 Å². The van der Waals surface area contributed by atoms with E-state index in [-0.39, 0.29) is 17.9 Å². The van der Waals surface area contributed by atoms with Crippen LogP contribution < -0.4 is 4.74 Å². The summed E-state index contributed by atoms with van der Waals surface area (Å²) in [6, 6.07) is 5.60. The van der Waals surface area contributed by atoms with E-state index in [4.69, 9.17) is 9.47 Å². The number of esters is 2. The van der Waals surface area contributed by atoms with E-state index in [0.29, 0.717) is 31.1 Å². The van der Waals surface area contributed by atoms with Gasteiger partial charge in [0.2, 0.25) is 0 Å². The molecule has 4 heteroatoms. The van der Waals surface area contributed by atoms with Gasteiger partial charge < -0.3 is 9.47 Å². The van der Waals surface area contributed by atoms with E-state index in [2.05, 4.69) is 0 Å². The Morgan fingerprint density at radius 2 is 1.67 bits per heavy atom. The van der Waals surface area contributed by atoms with Gasteiger partial charge in [-0.2, -0.15) is 0 Å². The number of rotatable bonds is 5. The van der Waals surface area contributed by atoms with Gasteiger partial charge in [-0.3, -0.25) is 9.59 Å². The molecule has 0 spiro atoms. The number of hydrogen-bond acceptors (Lipinski definition) is 4. The standard InChI is InChI=1S/C20H28O4/c1-13(2)12-23-19(21)17-7-5-6-8-18(17)20(22)24-16-10-9-14(3)15(4)11-16/h9-11,13,17-18H,5-8,12H2,1-4H3. The van der Waals surface area contributed by atoms with Crippen molar-refractivity contribution >= 4 is 11.9 Å². The normalized spacial score (nSPS) is 20.7. The van der Waals surface area contributed by atoms with Gasteiger partial charge in [-0.15, -0.1) is 0 Å². The molecule has 0 aliphatic heterocycles. The van der Waals surface area contributed by atoms with E-state index in [9.17, 15) is 9.59 Å². The van der Waals surface area contributed by atoms with Gasteiger partial charge in [0, 0.05) is 0 Å². The molecule has 1 aromatic rings. The second-order valence-corrected chi connectivity index (χ2v) is 7.19. The number of ether oxygens (including phenoxy) is 2. The molecule has 132 valence electrons. The molecule has 2 rings (SSSR count). The van der Waals surface area contributed by atoms with Crippen LogP contribution >= 0.6 is 0 Å². The molecule has 0 radical (unpaired) electrons. The van der Waals surface area contributed by atoms with Crippen LogP contribution in [0.4, 0.5) is 0 Å². The Labute approximate surface area is 144 Å². The fourth-order valence-corrected chi connectivity index (χ4v) is 3.02. The van der Waals surface area contributed by atoms with Crippen molar-refractivity contribution in [3.05, 3.63) is 29.3 Å². The quantitative estimate of drug-likeness (QED) is 0.598. The van der Waals surface area contributed by atoms with E-state index in [1.54, 1.807) is 6.07 Å². The molecule has 0 N–H and O–H groups in total. The molecule has 1 saturated carbocycles. The number of carbonyl (C=O) groups excluding carboxylic acids is 2. The van der Waals surface area contributed by atoms with Crippen LogP contribution in [0.1, 0.15) is 50.7 Å². The summed E-state index contributed by atoms with van der Waals surface area (Å²) in [5, 5.41) is 0. The predicted octanol–water partition coefficient (Wildman–Crippen LogP) is 4.21. The van der Waals surface area contributed by atoms with Crippen molar-refractivity contribution in [2.45, 2.75) is 53.4 Å². The fraction of sp³-hybridized carbons (Fsp3) is 0.600. The highest BCUT2D eigenvalue weighted by Gasteiger charge is 2.38. The molecule has 0 heterocycles. The molecule has 1 aliphatic rings. The summed E-state index contributed by atoms with van der Waals surface area (Å²) >= 11 is 0. The van der Waals surface area contributed by atoms with Crippen molar-refractivity contribution in [2.75, 3.05) is 6.61 Å².